The van der Waals surface area contributed by atoms with Gasteiger partial charge in [-0.2, -0.15) is 0 Å². The Balaban J connectivity index is 2.06. The largest absolute Gasteiger partial charge is 0.464 e. The molecule has 102 valence electrons. The van der Waals surface area contributed by atoms with Gasteiger partial charge >= 0.3 is 5.97 Å². The molecule has 5 heteroatoms. The maximum atomic E-state index is 11.2. The second-order valence-electron chi connectivity index (χ2n) is 4.09. The number of aryl methyl sites for hydroxylation is 1. The number of ether oxygens (including phenoxy) is 2. The summed E-state index contributed by atoms with van der Waals surface area (Å²) >= 11 is 0. The number of hydrogen-bond donors (Lipinski definition) is 0. The highest BCUT2D eigenvalue weighted by Gasteiger charge is 2.11. The highest BCUT2D eigenvalue weighted by atomic mass is 16.6. The Hall–Kier alpha value is -1.88. The highest BCUT2D eigenvalue weighted by molar-refractivity contribution is 5.70. The first-order valence-electron chi connectivity index (χ1n) is 6.44. The number of carbonyl (C=O) groups excluding carboxylic acids is 1. The van der Waals surface area contributed by atoms with E-state index in [2.05, 4.69) is 11.9 Å². The Kier molecular flexibility index (Phi) is 4.52. The quantitative estimate of drug-likeness (QED) is 0.747. The van der Waals surface area contributed by atoms with Gasteiger partial charge in [0.1, 0.15) is 12.3 Å². The topological polar surface area (TPSA) is 52.8 Å². The van der Waals surface area contributed by atoms with Crippen molar-refractivity contribution in [2.24, 2.45) is 0 Å². The van der Waals surface area contributed by atoms with Crippen molar-refractivity contribution in [3.63, 3.8) is 0 Å². The minimum atomic E-state index is -0.343. The summed E-state index contributed by atoms with van der Waals surface area (Å²) in [7, 11) is 0. The maximum Gasteiger partial charge on any atom is 0.332 e. The molecule has 0 aliphatic rings. The molecular formula is C14H18N2O3. The highest BCUT2D eigenvalue weighted by Crippen LogP contribution is 2.14. The van der Waals surface area contributed by atoms with E-state index in [1.807, 2.05) is 28.8 Å². The van der Waals surface area contributed by atoms with E-state index in [4.69, 9.17) is 9.47 Å². The first kappa shape index (κ1) is 13.5. The molecule has 0 spiro atoms. The summed E-state index contributed by atoms with van der Waals surface area (Å²) < 4.78 is 12.2. The van der Waals surface area contributed by atoms with Crippen LogP contribution in [-0.4, -0.2) is 28.6 Å². The lowest BCUT2D eigenvalue weighted by molar-refractivity contribution is -0.148. The number of fused-ring (bicyclic) bond motifs is 1. The molecule has 0 unspecified atom stereocenters. The van der Waals surface area contributed by atoms with E-state index < -0.39 is 0 Å². The molecule has 0 amide bonds. The molecule has 0 saturated heterocycles. The van der Waals surface area contributed by atoms with Gasteiger partial charge in [-0.15, -0.1) is 0 Å². The molecule has 0 aliphatic carbocycles. The standard InChI is InChI=1S/C14H18N2O3/c1-3-12-11(9-18-10-14(17)19-4-2)15-13-7-5-6-8-16(12)13/h5-8H,3-4,9-10H2,1-2H3. The number of nitrogens with zero attached hydrogens (tertiary/aromatic N) is 2. The molecule has 2 aromatic heterocycles. The van der Waals surface area contributed by atoms with Crippen LogP contribution >= 0.6 is 0 Å². The lowest BCUT2D eigenvalue weighted by atomic mass is 10.3. The number of esters is 1. The first-order valence-corrected chi connectivity index (χ1v) is 6.44. The van der Waals surface area contributed by atoms with Gasteiger partial charge in [-0.3, -0.25) is 0 Å². The van der Waals surface area contributed by atoms with Crippen molar-refractivity contribution in [2.75, 3.05) is 13.2 Å². The smallest absolute Gasteiger partial charge is 0.332 e. The summed E-state index contributed by atoms with van der Waals surface area (Å²) in [6.07, 6.45) is 2.85. The molecule has 2 aromatic rings. The first-order chi connectivity index (χ1) is 9.26. The van der Waals surface area contributed by atoms with Gasteiger partial charge in [0.25, 0.3) is 0 Å². The zero-order valence-corrected chi connectivity index (χ0v) is 11.3. The fourth-order valence-electron chi connectivity index (χ4n) is 2.02. The van der Waals surface area contributed by atoms with Crippen molar-refractivity contribution in [3.05, 3.63) is 35.8 Å². The number of carbonyl (C=O) groups is 1. The van der Waals surface area contributed by atoms with Crippen LogP contribution in [0.4, 0.5) is 0 Å². The van der Waals surface area contributed by atoms with Gasteiger partial charge in [0.05, 0.1) is 18.9 Å². The molecule has 0 saturated carbocycles. The lowest BCUT2D eigenvalue weighted by Gasteiger charge is -2.04. The number of imidazole rings is 1. The lowest BCUT2D eigenvalue weighted by Crippen LogP contribution is -2.12. The third-order valence-electron chi connectivity index (χ3n) is 2.81. The average molecular weight is 262 g/mol. The zero-order chi connectivity index (χ0) is 13.7. The molecule has 0 atom stereocenters. The van der Waals surface area contributed by atoms with E-state index in [1.54, 1.807) is 6.92 Å². The van der Waals surface area contributed by atoms with E-state index in [1.165, 1.54) is 0 Å². The Morgan fingerprint density at radius 2 is 2.21 bits per heavy atom. The van der Waals surface area contributed by atoms with Gasteiger partial charge in [-0.25, -0.2) is 9.78 Å². The van der Waals surface area contributed by atoms with E-state index in [0.717, 1.165) is 23.5 Å². The van der Waals surface area contributed by atoms with Crippen molar-refractivity contribution >= 4 is 11.6 Å². The Labute approximate surface area is 112 Å². The van der Waals surface area contributed by atoms with Crippen molar-refractivity contribution in [3.8, 4) is 0 Å². The summed E-state index contributed by atoms with van der Waals surface area (Å²) in [6, 6.07) is 5.87. The molecular weight excluding hydrogens is 244 g/mol. The van der Waals surface area contributed by atoms with Crippen LogP contribution in [-0.2, 0) is 27.3 Å². The molecule has 0 fully saturated rings. The Bertz CT molecular complexity index is 563. The van der Waals surface area contributed by atoms with Crippen molar-refractivity contribution in [2.45, 2.75) is 26.9 Å². The maximum absolute atomic E-state index is 11.2. The van der Waals surface area contributed by atoms with Crippen LogP contribution in [0, 0.1) is 0 Å². The van der Waals surface area contributed by atoms with E-state index >= 15 is 0 Å². The minimum absolute atomic E-state index is 0.0368. The van der Waals surface area contributed by atoms with E-state index in [9.17, 15) is 4.79 Å². The van der Waals surface area contributed by atoms with E-state index in [-0.39, 0.29) is 12.6 Å². The Morgan fingerprint density at radius 1 is 1.37 bits per heavy atom. The monoisotopic (exact) mass is 262 g/mol. The summed E-state index contributed by atoms with van der Waals surface area (Å²) in [5.41, 5.74) is 2.88. The summed E-state index contributed by atoms with van der Waals surface area (Å²) in [5, 5.41) is 0. The molecule has 0 aliphatic heterocycles. The van der Waals surface area contributed by atoms with Gasteiger partial charge in [0.15, 0.2) is 0 Å². The second-order valence-corrected chi connectivity index (χ2v) is 4.09. The van der Waals surface area contributed by atoms with Crippen LogP contribution in [0.2, 0.25) is 0 Å². The predicted octanol–water partition coefficient (Wildman–Crippen LogP) is 1.98. The SMILES string of the molecule is CCOC(=O)COCc1nc2ccccn2c1CC. The molecule has 19 heavy (non-hydrogen) atoms. The predicted molar refractivity (Wildman–Crippen MR) is 70.9 cm³/mol. The normalized spacial score (nSPS) is 10.8. The molecule has 0 radical (unpaired) electrons. The van der Waals surface area contributed by atoms with Gasteiger partial charge in [-0.1, -0.05) is 13.0 Å². The van der Waals surface area contributed by atoms with Crippen molar-refractivity contribution in [1.29, 1.82) is 0 Å². The minimum Gasteiger partial charge on any atom is -0.464 e. The zero-order valence-electron chi connectivity index (χ0n) is 11.3. The van der Waals surface area contributed by atoms with Crippen molar-refractivity contribution < 1.29 is 14.3 Å². The molecule has 0 aromatic carbocycles. The fraction of sp³-hybridized carbons (Fsp3) is 0.429. The van der Waals surface area contributed by atoms with Crippen LogP contribution in [0.5, 0.6) is 0 Å². The summed E-state index contributed by atoms with van der Waals surface area (Å²) in [5.74, 6) is -0.343. The number of aromatic nitrogens is 2. The van der Waals surface area contributed by atoms with Gasteiger partial charge in [0, 0.05) is 11.9 Å². The molecule has 5 nitrogen and oxygen atoms in total. The van der Waals surface area contributed by atoms with Crippen LogP contribution in [0.3, 0.4) is 0 Å². The third kappa shape index (κ3) is 3.12. The molecule has 0 bridgehead atoms. The van der Waals surface area contributed by atoms with Crippen LogP contribution < -0.4 is 0 Å². The molecule has 2 rings (SSSR count). The van der Waals surface area contributed by atoms with Gasteiger partial charge < -0.3 is 13.9 Å². The van der Waals surface area contributed by atoms with Crippen LogP contribution in [0.1, 0.15) is 25.2 Å². The summed E-state index contributed by atoms with van der Waals surface area (Å²) in [6.45, 7) is 4.51. The number of rotatable bonds is 6. The number of pyridine rings is 1. The number of hydrogen-bond acceptors (Lipinski definition) is 4. The molecule has 0 N–H and O–H groups in total. The fourth-order valence-corrected chi connectivity index (χ4v) is 2.02. The second kappa shape index (κ2) is 6.33. The Morgan fingerprint density at radius 3 is 2.95 bits per heavy atom. The van der Waals surface area contributed by atoms with Crippen LogP contribution in [0.25, 0.3) is 5.65 Å². The van der Waals surface area contributed by atoms with Crippen LogP contribution in [0.15, 0.2) is 24.4 Å². The summed E-state index contributed by atoms with van der Waals surface area (Å²) in [4.78, 5) is 15.7. The molecule has 2 heterocycles. The van der Waals surface area contributed by atoms with Crippen molar-refractivity contribution in [1.82, 2.24) is 9.38 Å². The average Bonchev–Trinajstić information content (AvgIpc) is 2.76. The third-order valence-corrected chi connectivity index (χ3v) is 2.81. The van der Waals surface area contributed by atoms with Gasteiger partial charge in [-0.05, 0) is 25.5 Å². The van der Waals surface area contributed by atoms with E-state index in [0.29, 0.717) is 13.2 Å². The van der Waals surface area contributed by atoms with Gasteiger partial charge in [0.2, 0.25) is 0 Å².